The van der Waals surface area contributed by atoms with E-state index in [4.69, 9.17) is 10.2 Å². The summed E-state index contributed by atoms with van der Waals surface area (Å²) in [4.78, 5) is 21.2. The lowest BCUT2D eigenvalue weighted by atomic mass is 9.99. The highest BCUT2D eigenvalue weighted by atomic mass is 16.4. The van der Waals surface area contributed by atoms with Crippen LogP contribution in [0.15, 0.2) is 0 Å². The van der Waals surface area contributed by atoms with Crippen LogP contribution in [-0.2, 0) is 9.59 Å². The largest absolute Gasteiger partial charge is 0.481 e. The molecule has 0 aliphatic heterocycles. The third-order valence-corrected chi connectivity index (χ3v) is 2.87. The minimum absolute atomic E-state index is 0.245. The predicted molar refractivity (Wildman–Crippen MR) is 65.9 cm³/mol. The first-order valence-electron chi connectivity index (χ1n) is 6.40. The molecule has 0 aromatic carbocycles. The summed E-state index contributed by atoms with van der Waals surface area (Å²) in [6.45, 7) is 4.40. The molecule has 0 aliphatic rings. The molecule has 100 valence electrons. The lowest BCUT2D eigenvalue weighted by Gasteiger charge is -2.07. The molecule has 0 saturated carbocycles. The fourth-order valence-electron chi connectivity index (χ4n) is 1.78. The van der Waals surface area contributed by atoms with E-state index in [2.05, 4.69) is 13.8 Å². The molecule has 0 atom stereocenters. The van der Waals surface area contributed by atoms with E-state index in [1.54, 1.807) is 0 Å². The SMILES string of the molecule is CC(C)CCCCCCCC(C(=O)O)C(=O)O. The van der Waals surface area contributed by atoms with Crippen molar-refractivity contribution in [3.05, 3.63) is 0 Å². The molecule has 0 fully saturated rings. The number of hydrogen-bond acceptors (Lipinski definition) is 2. The zero-order valence-electron chi connectivity index (χ0n) is 10.8. The maximum atomic E-state index is 10.6. The Morgan fingerprint density at radius 1 is 0.824 bits per heavy atom. The van der Waals surface area contributed by atoms with Crippen LogP contribution in [-0.4, -0.2) is 22.2 Å². The fraction of sp³-hybridized carbons (Fsp3) is 0.846. The van der Waals surface area contributed by atoms with Crippen LogP contribution in [0.2, 0.25) is 0 Å². The monoisotopic (exact) mass is 244 g/mol. The normalized spacial score (nSPS) is 11.1. The number of carboxylic acid groups (broad SMARTS) is 2. The second-order valence-corrected chi connectivity index (χ2v) is 4.97. The minimum atomic E-state index is -1.23. The summed E-state index contributed by atoms with van der Waals surface area (Å²) in [5, 5.41) is 17.3. The van der Waals surface area contributed by atoms with Gasteiger partial charge in [0.25, 0.3) is 0 Å². The van der Waals surface area contributed by atoms with Gasteiger partial charge in [0, 0.05) is 0 Å². The van der Waals surface area contributed by atoms with Crippen molar-refractivity contribution in [2.24, 2.45) is 11.8 Å². The van der Waals surface area contributed by atoms with Crippen LogP contribution in [0.5, 0.6) is 0 Å². The lowest BCUT2D eigenvalue weighted by Crippen LogP contribution is -2.23. The standard InChI is InChI=1S/C13H24O4/c1-10(2)8-6-4-3-5-7-9-11(12(14)15)13(16)17/h10-11H,3-9H2,1-2H3,(H,14,15)(H,16,17). The van der Waals surface area contributed by atoms with Crippen molar-refractivity contribution in [2.75, 3.05) is 0 Å². The van der Waals surface area contributed by atoms with Crippen molar-refractivity contribution in [1.82, 2.24) is 0 Å². The highest BCUT2D eigenvalue weighted by Crippen LogP contribution is 2.14. The van der Waals surface area contributed by atoms with Crippen molar-refractivity contribution in [3.63, 3.8) is 0 Å². The summed E-state index contributed by atoms with van der Waals surface area (Å²) < 4.78 is 0. The molecule has 0 bridgehead atoms. The average molecular weight is 244 g/mol. The number of unbranched alkanes of at least 4 members (excludes halogenated alkanes) is 4. The van der Waals surface area contributed by atoms with Gasteiger partial charge in [-0.3, -0.25) is 9.59 Å². The Balaban J connectivity index is 3.50. The summed E-state index contributed by atoms with van der Waals surface area (Å²) in [7, 11) is 0. The van der Waals surface area contributed by atoms with Crippen LogP contribution in [0.4, 0.5) is 0 Å². The zero-order chi connectivity index (χ0) is 13.3. The van der Waals surface area contributed by atoms with Crippen LogP contribution >= 0.6 is 0 Å². The zero-order valence-corrected chi connectivity index (χ0v) is 10.8. The first-order valence-corrected chi connectivity index (χ1v) is 6.40. The van der Waals surface area contributed by atoms with Gasteiger partial charge in [-0.15, -0.1) is 0 Å². The van der Waals surface area contributed by atoms with Gasteiger partial charge in [0.2, 0.25) is 0 Å². The van der Waals surface area contributed by atoms with E-state index in [0.717, 1.165) is 25.2 Å². The summed E-state index contributed by atoms with van der Waals surface area (Å²) in [5.74, 6) is -2.95. The second kappa shape index (κ2) is 9.02. The number of carboxylic acids is 2. The topological polar surface area (TPSA) is 74.6 Å². The van der Waals surface area contributed by atoms with Crippen LogP contribution in [0.3, 0.4) is 0 Å². The quantitative estimate of drug-likeness (QED) is 0.457. The highest BCUT2D eigenvalue weighted by Gasteiger charge is 2.24. The molecule has 0 radical (unpaired) electrons. The molecule has 0 amide bonds. The lowest BCUT2D eigenvalue weighted by molar-refractivity contribution is -0.154. The minimum Gasteiger partial charge on any atom is -0.481 e. The van der Waals surface area contributed by atoms with Gasteiger partial charge in [0.1, 0.15) is 0 Å². The van der Waals surface area contributed by atoms with Gasteiger partial charge in [-0.1, -0.05) is 52.4 Å². The number of carbonyl (C=O) groups is 2. The van der Waals surface area contributed by atoms with Gasteiger partial charge in [-0.25, -0.2) is 0 Å². The van der Waals surface area contributed by atoms with E-state index >= 15 is 0 Å². The van der Waals surface area contributed by atoms with E-state index in [-0.39, 0.29) is 6.42 Å². The molecule has 4 nitrogen and oxygen atoms in total. The molecule has 2 N–H and O–H groups in total. The summed E-state index contributed by atoms with van der Waals surface area (Å²) >= 11 is 0. The Hall–Kier alpha value is -1.06. The van der Waals surface area contributed by atoms with Gasteiger partial charge < -0.3 is 10.2 Å². The number of hydrogen-bond donors (Lipinski definition) is 2. The van der Waals surface area contributed by atoms with Crippen LogP contribution < -0.4 is 0 Å². The van der Waals surface area contributed by atoms with Crippen molar-refractivity contribution < 1.29 is 19.8 Å². The summed E-state index contributed by atoms with van der Waals surface area (Å²) in [6.07, 6.45) is 6.52. The fourth-order valence-corrected chi connectivity index (χ4v) is 1.78. The van der Waals surface area contributed by atoms with E-state index in [1.165, 1.54) is 12.8 Å². The van der Waals surface area contributed by atoms with Crippen molar-refractivity contribution in [1.29, 1.82) is 0 Å². The third kappa shape index (κ3) is 8.72. The third-order valence-electron chi connectivity index (χ3n) is 2.87. The Morgan fingerprint density at radius 3 is 1.65 bits per heavy atom. The Kier molecular flexibility index (Phi) is 8.46. The molecular weight excluding hydrogens is 220 g/mol. The van der Waals surface area contributed by atoms with Gasteiger partial charge in [0.05, 0.1) is 0 Å². The van der Waals surface area contributed by atoms with Gasteiger partial charge >= 0.3 is 11.9 Å². The molecule has 0 rings (SSSR count). The second-order valence-electron chi connectivity index (χ2n) is 4.97. The van der Waals surface area contributed by atoms with E-state index < -0.39 is 17.9 Å². The molecule has 0 heterocycles. The first kappa shape index (κ1) is 15.9. The van der Waals surface area contributed by atoms with Gasteiger partial charge in [-0.05, 0) is 12.3 Å². The Bertz CT molecular complexity index is 222. The van der Waals surface area contributed by atoms with Crippen LogP contribution in [0.1, 0.15) is 58.8 Å². The van der Waals surface area contributed by atoms with E-state index in [0.29, 0.717) is 6.42 Å². The summed E-state index contributed by atoms with van der Waals surface area (Å²) in [5.41, 5.74) is 0. The maximum absolute atomic E-state index is 10.6. The van der Waals surface area contributed by atoms with E-state index in [9.17, 15) is 9.59 Å². The molecule has 0 unspecified atom stereocenters. The molecule has 17 heavy (non-hydrogen) atoms. The van der Waals surface area contributed by atoms with Gasteiger partial charge in [-0.2, -0.15) is 0 Å². The van der Waals surface area contributed by atoms with Crippen molar-refractivity contribution in [2.45, 2.75) is 58.8 Å². The smallest absolute Gasteiger partial charge is 0.317 e. The molecule has 4 heteroatoms. The number of aliphatic carboxylic acids is 2. The van der Waals surface area contributed by atoms with Crippen LogP contribution in [0.25, 0.3) is 0 Å². The maximum Gasteiger partial charge on any atom is 0.317 e. The average Bonchev–Trinajstić information content (AvgIpc) is 2.20. The highest BCUT2D eigenvalue weighted by molar-refractivity contribution is 5.92. The summed E-state index contributed by atoms with van der Waals surface area (Å²) in [6, 6.07) is 0. The number of rotatable bonds is 10. The predicted octanol–water partition coefficient (Wildman–Crippen LogP) is 3.16. The first-order chi connectivity index (χ1) is 7.95. The molecule has 0 aromatic heterocycles. The molecule has 0 saturated heterocycles. The molecule has 0 aromatic rings. The van der Waals surface area contributed by atoms with Crippen molar-refractivity contribution in [3.8, 4) is 0 Å². The van der Waals surface area contributed by atoms with Crippen molar-refractivity contribution >= 4 is 11.9 Å². The molecule has 0 spiro atoms. The van der Waals surface area contributed by atoms with E-state index in [1.807, 2.05) is 0 Å². The molecular formula is C13H24O4. The van der Waals surface area contributed by atoms with Gasteiger partial charge in [0.15, 0.2) is 5.92 Å². The Labute approximate surface area is 103 Å². The molecule has 0 aliphatic carbocycles. The van der Waals surface area contributed by atoms with Crippen LogP contribution in [0, 0.1) is 11.8 Å². The Morgan fingerprint density at radius 2 is 1.24 bits per heavy atom.